The van der Waals surface area contributed by atoms with Crippen LogP contribution in [0.5, 0.6) is 0 Å². The summed E-state index contributed by atoms with van der Waals surface area (Å²) >= 11 is 2.09. The summed E-state index contributed by atoms with van der Waals surface area (Å²) in [7, 11) is 0. The highest BCUT2D eigenvalue weighted by molar-refractivity contribution is 14.1. The van der Waals surface area contributed by atoms with Crippen LogP contribution < -0.4 is 5.32 Å². The summed E-state index contributed by atoms with van der Waals surface area (Å²) in [4.78, 5) is 23.1. The molecule has 0 fully saturated rings. The molecule has 4 nitrogen and oxygen atoms in total. The number of amides is 1. The molecule has 0 unspecified atom stereocenters. The number of halogens is 1. The molecular weight excluding hydrogens is 345 g/mol. The van der Waals surface area contributed by atoms with Crippen molar-refractivity contribution in [2.45, 2.75) is 13.8 Å². The third-order valence-corrected chi connectivity index (χ3v) is 2.99. The summed E-state index contributed by atoms with van der Waals surface area (Å²) < 4.78 is 5.61. The van der Waals surface area contributed by atoms with E-state index in [0.717, 1.165) is 3.57 Å². The summed E-state index contributed by atoms with van der Waals surface area (Å²) in [6.07, 6.45) is 1.26. The lowest BCUT2D eigenvalue weighted by molar-refractivity contribution is -0.137. The van der Waals surface area contributed by atoms with Gasteiger partial charge in [-0.05, 0) is 48.6 Å². The number of allylic oxidation sites excluding steroid dienone is 1. The molecule has 0 aromatic heterocycles. The Hall–Kier alpha value is -1.37. The van der Waals surface area contributed by atoms with Crippen molar-refractivity contribution in [2.75, 3.05) is 6.61 Å². The molecule has 1 N–H and O–H groups in total. The van der Waals surface area contributed by atoms with Gasteiger partial charge in [-0.1, -0.05) is 12.1 Å². The lowest BCUT2D eigenvalue weighted by Gasteiger charge is -2.06. The highest BCUT2D eigenvalue weighted by Gasteiger charge is 2.09. The van der Waals surface area contributed by atoms with Gasteiger partial charge in [0.05, 0.1) is 12.2 Å². The third kappa shape index (κ3) is 4.48. The number of esters is 1. The molecule has 0 heterocycles. The predicted molar refractivity (Wildman–Crippen MR) is 77.0 cm³/mol. The standard InChI is InChI=1S/C13H14INO3/c1-3-18-12(16)8-9(2)15-13(17)10-6-4-5-7-11(10)14/h4-8H,3H2,1-2H3,(H,15,17)/b9-8+. The maximum atomic E-state index is 11.9. The van der Waals surface area contributed by atoms with Crippen LogP contribution >= 0.6 is 22.6 Å². The van der Waals surface area contributed by atoms with Crippen molar-refractivity contribution in [1.82, 2.24) is 5.32 Å². The molecule has 5 heteroatoms. The number of hydrogen-bond acceptors (Lipinski definition) is 3. The molecule has 18 heavy (non-hydrogen) atoms. The summed E-state index contributed by atoms with van der Waals surface area (Å²) in [6.45, 7) is 3.68. The SMILES string of the molecule is CCOC(=O)/C=C(\C)NC(=O)c1ccccc1I. The Morgan fingerprint density at radius 1 is 1.39 bits per heavy atom. The number of benzene rings is 1. The molecule has 0 saturated heterocycles. The van der Waals surface area contributed by atoms with Crippen molar-refractivity contribution in [3.8, 4) is 0 Å². The zero-order valence-electron chi connectivity index (χ0n) is 10.2. The zero-order chi connectivity index (χ0) is 13.5. The molecule has 0 atom stereocenters. The van der Waals surface area contributed by atoms with E-state index in [0.29, 0.717) is 17.9 Å². The third-order valence-electron chi connectivity index (χ3n) is 2.05. The second-order valence-corrected chi connectivity index (χ2v) is 4.68. The highest BCUT2D eigenvalue weighted by Crippen LogP contribution is 2.11. The van der Waals surface area contributed by atoms with Crippen LogP contribution in [0.2, 0.25) is 0 Å². The molecule has 0 spiro atoms. The Morgan fingerprint density at radius 2 is 2.06 bits per heavy atom. The van der Waals surface area contributed by atoms with Gasteiger partial charge in [0.25, 0.3) is 5.91 Å². The lowest BCUT2D eigenvalue weighted by Crippen LogP contribution is -2.23. The average molecular weight is 359 g/mol. The Morgan fingerprint density at radius 3 is 2.67 bits per heavy atom. The molecular formula is C13H14INO3. The van der Waals surface area contributed by atoms with Gasteiger partial charge in [-0.15, -0.1) is 0 Å². The van der Waals surface area contributed by atoms with E-state index in [1.807, 2.05) is 12.1 Å². The molecule has 0 radical (unpaired) electrons. The van der Waals surface area contributed by atoms with Crippen molar-refractivity contribution in [3.63, 3.8) is 0 Å². The second-order valence-electron chi connectivity index (χ2n) is 3.51. The van der Waals surface area contributed by atoms with Crippen LogP contribution in [-0.4, -0.2) is 18.5 Å². The molecule has 1 rings (SSSR count). The van der Waals surface area contributed by atoms with Gasteiger partial charge in [0.2, 0.25) is 0 Å². The Bertz CT molecular complexity index is 483. The van der Waals surface area contributed by atoms with Crippen LogP contribution in [0.3, 0.4) is 0 Å². The number of carbonyl (C=O) groups excluding carboxylic acids is 2. The molecule has 0 aliphatic heterocycles. The largest absolute Gasteiger partial charge is 0.463 e. The minimum Gasteiger partial charge on any atom is -0.463 e. The molecule has 96 valence electrons. The molecule has 0 saturated carbocycles. The molecule has 0 bridgehead atoms. The number of nitrogens with one attached hydrogen (secondary N) is 1. The first kappa shape index (κ1) is 14.7. The van der Waals surface area contributed by atoms with Gasteiger partial charge in [-0.25, -0.2) is 4.79 Å². The quantitative estimate of drug-likeness (QED) is 0.511. The second kappa shape index (κ2) is 7.15. The lowest BCUT2D eigenvalue weighted by atomic mass is 10.2. The molecule has 0 aliphatic rings. The Labute approximate surface area is 120 Å². The van der Waals surface area contributed by atoms with Gasteiger partial charge in [-0.2, -0.15) is 0 Å². The monoisotopic (exact) mass is 359 g/mol. The number of carbonyl (C=O) groups is 2. The van der Waals surface area contributed by atoms with E-state index in [1.54, 1.807) is 26.0 Å². The van der Waals surface area contributed by atoms with Crippen molar-refractivity contribution in [2.24, 2.45) is 0 Å². The van der Waals surface area contributed by atoms with Crippen molar-refractivity contribution in [3.05, 3.63) is 45.2 Å². The first-order chi connectivity index (χ1) is 8.54. The average Bonchev–Trinajstić information content (AvgIpc) is 2.29. The van der Waals surface area contributed by atoms with Crippen molar-refractivity contribution >= 4 is 34.5 Å². The fraction of sp³-hybridized carbons (Fsp3) is 0.231. The minimum absolute atomic E-state index is 0.238. The molecule has 1 amide bonds. The van der Waals surface area contributed by atoms with Crippen LogP contribution in [0.4, 0.5) is 0 Å². The zero-order valence-corrected chi connectivity index (χ0v) is 12.4. The Kier molecular flexibility index (Phi) is 5.84. The Balaban J connectivity index is 2.71. The summed E-state index contributed by atoms with van der Waals surface area (Å²) in [6, 6.07) is 7.23. The van der Waals surface area contributed by atoms with Gasteiger partial charge in [0, 0.05) is 15.3 Å². The van der Waals surface area contributed by atoms with Crippen molar-refractivity contribution < 1.29 is 14.3 Å². The highest BCUT2D eigenvalue weighted by atomic mass is 127. The summed E-state index contributed by atoms with van der Waals surface area (Å²) in [5.74, 6) is -0.698. The first-order valence-electron chi connectivity index (χ1n) is 5.45. The van der Waals surface area contributed by atoms with E-state index in [-0.39, 0.29) is 5.91 Å². The van der Waals surface area contributed by atoms with Gasteiger partial charge < -0.3 is 10.1 Å². The topological polar surface area (TPSA) is 55.4 Å². The van der Waals surface area contributed by atoms with E-state index in [4.69, 9.17) is 4.74 Å². The smallest absolute Gasteiger partial charge is 0.332 e. The molecule has 1 aromatic rings. The van der Waals surface area contributed by atoms with E-state index in [9.17, 15) is 9.59 Å². The van der Waals surface area contributed by atoms with Crippen molar-refractivity contribution in [1.29, 1.82) is 0 Å². The maximum Gasteiger partial charge on any atom is 0.332 e. The van der Waals surface area contributed by atoms with Crippen LogP contribution in [0.15, 0.2) is 36.0 Å². The number of ether oxygens (including phenoxy) is 1. The van der Waals surface area contributed by atoms with Gasteiger partial charge >= 0.3 is 5.97 Å². The molecule has 0 aliphatic carbocycles. The van der Waals surface area contributed by atoms with E-state index >= 15 is 0 Å². The minimum atomic E-state index is -0.460. The van der Waals surface area contributed by atoms with Gasteiger partial charge in [-0.3, -0.25) is 4.79 Å². The van der Waals surface area contributed by atoms with E-state index in [1.165, 1.54) is 6.08 Å². The summed E-state index contributed by atoms with van der Waals surface area (Å²) in [5, 5.41) is 2.64. The fourth-order valence-corrected chi connectivity index (χ4v) is 1.92. The van der Waals surface area contributed by atoms with Gasteiger partial charge in [0.15, 0.2) is 0 Å². The van der Waals surface area contributed by atoms with Gasteiger partial charge in [0.1, 0.15) is 0 Å². The number of rotatable bonds is 4. The normalized spacial score (nSPS) is 10.9. The molecule has 1 aromatic carbocycles. The van der Waals surface area contributed by atoms with Crippen LogP contribution in [0.1, 0.15) is 24.2 Å². The summed E-state index contributed by atoms with van der Waals surface area (Å²) in [5.41, 5.74) is 1.04. The number of hydrogen-bond donors (Lipinski definition) is 1. The van der Waals surface area contributed by atoms with Crippen LogP contribution in [-0.2, 0) is 9.53 Å². The van der Waals surface area contributed by atoms with E-state index < -0.39 is 5.97 Å². The maximum absolute atomic E-state index is 11.9. The fourth-order valence-electron chi connectivity index (χ4n) is 1.29. The van der Waals surface area contributed by atoms with Crippen LogP contribution in [0.25, 0.3) is 0 Å². The van der Waals surface area contributed by atoms with E-state index in [2.05, 4.69) is 27.9 Å². The van der Waals surface area contributed by atoms with Crippen LogP contribution in [0, 0.1) is 3.57 Å². The first-order valence-corrected chi connectivity index (χ1v) is 6.53. The predicted octanol–water partition coefficient (Wildman–Crippen LogP) is 2.49.